The van der Waals surface area contributed by atoms with Crippen molar-refractivity contribution in [3.63, 3.8) is 0 Å². The molecule has 1 fully saturated rings. The van der Waals surface area contributed by atoms with Crippen LogP contribution >= 0.6 is 0 Å². The van der Waals surface area contributed by atoms with E-state index in [9.17, 15) is 0 Å². The van der Waals surface area contributed by atoms with Crippen LogP contribution in [0.15, 0.2) is 30.3 Å². The normalized spacial score (nSPS) is 26.2. The van der Waals surface area contributed by atoms with Crippen molar-refractivity contribution in [1.29, 1.82) is 0 Å². The predicted octanol–water partition coefficient (Wildman–Crippen LogP) is 3.50. The highest BCUT2D eigenvalue weighted by molar-refractivity contribution is 5.19. The minimum Gasteiger partial charge on any atom is -0.314 e. The van der Waals surface area contributed by atoms with Crippen molar-refractivity contribution >= 4 is 0 Å². The van der Waals surface area contributed by atoms with E-state index in [4.69, 9.17) is 0 Å². The Morgan fingerprint density at radius 3 is 2.35 bits per heavy atom. The molecule has 0 spiro atoms. The highest BCUT2D eigenvalue weighted by atomic mass is 14.9. The Balaban J connectivity index is 1.90. The van der Waals surface area contributed by atoms with Gasteiger partial charge in [-0.2, -0.15) is 0 Å². The molecule has 2 rings (SSSR count). The van der Waals surface area contributed by atoms with Crippen LogP contribution in [0.5, 0.6) is 0 Å². The maximum atomic E-state index is 3.58. The van der Waals surface area contributed by atoms with Crippen LogP contribution in [-0.2, 0) is 6.42 Å². The van der Waals surface area contributed by atoms with Crippen molar-refractivity contribution in [2.75, 3.05) is 6.54 Å². The van der Waals surface area contributed by atoms with Crippen molar-refractivity contribution in [2.45, 2.75) is 40.2 Å². The SMILES string of the molecule is CC(C)NCC1C(Cc2ccccc2)C1(C)C. The molecule has 94 valence electrons. The summed E-state index contributed by atoms with van der Waals surface area (Å²) in [7, 11) is 0. The minimum absolute atomic E-state index is 0.512. The fourth-order valence-electron chi connectivity index (χ4n) is 2.90. The fourth-order valence-corrected chi connectivity index (χ4v) is 2.90. The largest absolute Gasteiger partial charge is 0.314 e. The molecule has 17 heavy (non-hydrogen) atoms. The van der Waals surface area contributed by atoms with Crippen LogP contribution < -0.4 is 5.32 Å². The standard InChI is InChI=1S/C16H25N/c1-12(2)17-11-15-14(16(15,3)4)10-13-8-6-5-7-9-13/h5-9,12,14-15,17H,10-11H2,1-4H3. The van der Waals surface area contributed by atoms with Crippen molar-refractivity contribution in [2.24, 2.45) is 17.3 Å². The van der Waals surface area contributed by atoms with Crippen LogP contribution in [0.1, 0.15) is 33.3 Å². The van der Waals surface area contributed by atoms with Gasteiger partial charge in [-0.15, -0.1) is 0 Å². The lowest BCUT2D eigenvalue weighted by Crippen LogP contribution is -2.26. The molecule has 1 N–H and O–H groups in total. The molecule has 0 amide bonds. The van der Waals surface area contributed by atoms with Gasteiger partial charge in [-0.25, -0.2) is 0 Å². The quantitative estimate of drug-likeness (QED) is 0.818. The highest BCUT2D eigenvalue weighted by Gasteiger charge is 2.56. The van der Waals surface area contributed by atoms with Gasteiger partial charge in [-0.05, 0) is 35.8 Å². The number of nitrogens with one attached hydrogen (secondary N) is 1. The third kappa shape index (κ3) is 2.90. The van der Waals surface area contributed by atoms with Gasteiger partial charge in [0.2, 0.25) is 0 Å². The minimum atomic E-state index is 0.512. The summed E-state index contributed by atoms with van der Waals surface area (Å²) in [6.07, 6.45) is 1.23. The number of rotatable bonds is 5. The van der Waals surface area contributed by atoms with Gasteiger partial charge in [-0.3, -0.25) is 0 Å². The van der Waals surface area contributed by atoms with Crippen molar-refractivity contribution < 1.29 is 0 Å². The molecule has 1 saturated carbocycles. The van der Waals surface area contributed by atoms with E-state index in [-0.39, 0.29) is 0 Å². The van der Waals surface area contributed by atoms with E-state index < -0.39 is 0 Å². The molecule has 1 nitrogen and oxygen atoms in total. The molecule has 1 aromatic carbocycles. The third-order valence-corrected chi connectivity index (χ3v) is 4.33. The van der Waals surface area contributed by atoms with E-state index in [1.165, 1.54) is 18.5 Å². The molecular weight excluding hydrogens is 206 g/mol. The molecule has 2 unspecified atom stereocenters. The van der Waals surface area contributed by atoms with E-state index in [0.29, 0.717) is 11.5 Å². The van der Waals surface area contributed by atoms with Gasteiger partial charge in [0.15, 0.2) is 0 Å². The van der Waals surface area contributed by atoms with Crippen molar-refractivity contribution in [3.05, 3.63) is 35.9 Å². The lowest BCUT2D eigenvalue weighted by molar-refractivity contribution is 0.490. The Labute approximate surface area is 106 Å². The summed E-state index contributed by atoms with van der Waals surface area (Å²) in [4.78, 5) is 0. The molecule has 0 bridgehead atoms. The first-order valence-corrected chi connectivity index (χ1v) is 6.79. The van der Waals surface area contributed by atoms with Crippen LogP contribution in [0.25, 0.3) is 0 Å². The van der Waals surface area contributed by atoms with Crippen LogP contribution in [0, 0.1) is 17.3 Å². The fraction of sp³-hybridized carbons (Fsp3) is 0.625. The summed E-state index contributed by atoms with van der Waals surface area (Å²) in [5.74, 6) is 1.68. The second kappa shape index (κ2) is 4.81. The van der Waals surface area contributed by atoms with Gasteiger partial charge in [0, 0.05) is 6.04 Å². The number of hydrogen-bond donors (Lipinski definition) is 1. The first-order valence-electron chi connectivity index (χ1n) is 6.79. The third-order valence-electron chi connectivity index (χ3n) is 4.33. The molecule has 1 aliphatic carbocycles. The van der Waals surface area contributed by atoms with Crippen LogP contribution in [0.4, 0.5) is 0 Å². The molecule has 1 heteroatoms. The second-order valence-electron chi connectivity index (χ2n) is 6.29. The molecule has 0 aliphatic heterocycles. The van der Waals surface area contributed by atoms with Crippen LogP contribution in [-0.4, -0.2) is 12.6 Å². The van der Waals surface area contributed by atoms with Crippen LogP contribution in [0.2, 0.25) is 0 Å². The van der Waals surface area contributed by atoms with Gasteiger partial charge < -0.3 is 5.32 Å². The zero-order valence-corrected chi connectivity index (χ0v) is 11.5. The Kier molecular flexibility index (Phi) is 3.58. The monoisotopic (exact) mass is 231 g/mol. The second-order valence-corrected chi connectivity index (χ2v) is 6.29. The maximum absolute atomic E-state index is 3.58. The predicted molar refractivity (Wildman–Crippen MR) is 74.0 cm³/mol. The van der Waals surface area contributed by atoms with E-state index in [1.807, 2.05) is 0 Å². The van der Waals surface area contributed by atoms with E-state index >= 15 is 0 Å². The highest BCUT2D eigenvalue weighted by Crippen LogP contribution is 2.59. The first-order chi connectivity index (χ1) is 8.01. The van der Waals surface area contributed by atoms with Crippen molar-refractivity contribution in [1.82, 2.24) is 5.32 Å². The Bertz CT molecular complexity index is 353. The van der Waals surface area contributed by atoms with E-state index in [2.05, 4.69) is 63.3 Å². The Morgan fingerprint density at radius 2 is 1.76 bits per heavy atom. The first kappa shape index (κ1) is 12.6. The Hall–Kier alpha value is -0.820. The van der Waals surface area contributed by atoms with Gasteiger partial charge in [0.25, 0.3) is 0 Å². The Morgan fingerprint density at radius 1 is 1.12 bits per heavy atom. The molecule has 0 radical (unpaired) electrons. The van der Waals surface area contributed by atoms with Gasteiger partial charge in [0.05, 0.1) is 0 Å². The molecule has 0 saturated heterocycles. The summed E-state index contributed by atoms with van der Waals surface area (Å²) in [5.41, 5.74) is 2.00. The summed E-state index contributed by atoms with van der Waals surface area (Å²) in [5, 5.41) is 3.58. The smallest absolute Gasteiger partial charge is 0.00104 e. The molecule has 1 aliphatic rings. The summed E-state index contributed by atoms with van der Waals surface area (Å²) in [6, 6.07) is 11.5. The average molecular weight is 231 g/mol. The number of hydrogen-bond acceptors (Lipinski definition) is 1. The van der Waals surface area contributed by atoms with Gasteiger partial charge in [0.1, 0.15) is 0 Å². The molecule has 0 aromatic heterocycles. The maximum Gasteiger partial charge on any atom is 0.00104 e. The number of benzene rings is 1. The lowest BCUT2D eigenvalue weighted by Gasteiger charge is -2.08. The molecule has 2 atom stereocenters. The molecule has 1 aromatic rings. The topological polar surface area (TPSA) is 12.0 Å². The zero-order valence-electron chi connectivity index (χ0n) is 11.5. The summed E-state index contributed by atoms with van der Waals surface area (Å²) < 4.78 is 0. The summed E-state index contributed by atoms with van der Waals surface area (Å²) >= 11 is 0. The van der Waals surface area contributed by atoms with Crippen molar-refractivity contribution in [3.8, 4) is 0 Å². The summed E-state index contributed by atoms with van der Waals surface area (Å²) in [6.45, 7) is 10.4. The van der Waals surface area contributed by atoms with Gasteiger partial charge in [-0.1, -0.05) is 58.0 Å². The molecular formula is C16H25N. The van der Waals surface area contributed by atoms with E-state index in [0.717, 1.165) is 11.8 Å². The lowest BCUT2D eigenvalue weighted by atomic mass is 10.0. The average Bonchev–Trinajstić information content (AvgIpc) is 2.78. The van der Waals surface area contributed by atoms with Gasteiger partial charge >= 0.3 is 0 Å². The molecule has 0 heterocycles. The van der Waals surface area contributed by atoms with E-state index in [1.54, 1.807) is 0 Å². The van der Waals surface area contributed by atoms with Crippen LogP contribution in [0.3, 0.4) is 0 Å². The zero-order chi connectivity index (χ0) is 12.5.